The summed E-state index contributed by atoms with van der Waals surface area (Å²) in [6.45, 7) is 2.01. The van der Waals surface area contributed by atoms with Gasteiger partial charge in [0.25, 0.3) is 5.56 Å². The van der Waals surface area contributed by atoms with Gasteiger partial charge in [-0.15, -0.1) is 0 Å². The smallest absolute Gasteiger partial charge is 0.271 e. The largest absolute Gasteiger partial charge is 0.373 e. The molecular formula is C9H14N2O. The third kappa shape index (κ3) is 1.67. The van der Waals surface area contributed by atoms with Crippen LogP contribution in [0.5, 0.6) is 0 Å². The van der Waals surface area contributed by atoms with Crippen molar-refractivity contribution in [3.63, 3.8) is 0 Å². The van der Waals surface area contributed by atoms with Gasteiger partial charge in [0.05, 0.1) is 0 Å². The average molecular weight is 166 g/mol. The molecule has 0 aliphatic heterocycles. The Bertz CT molecular complexity index is 315. The molecule has 3 nitrogen and oxygen atoms in total. The summed E-state index contributed by atoms with van der Waals surface area (Å²) in [5.41, 5.74) is 1.66. The lowest BCUT2D eigenvalue weighted by atomic mass is 10.3. The van der Waals surface area contributed by atoms with Crippen molar-refractivity contribution in [1.29, 1.82) is 0 Å². The Labute approximate surface area is 72.0 Å². The molecule has 0 unspecified atom stereocenters. The fourth-order valence-electron chi connectivity index (χ4n) is 1.07. The fourth-order valence-corrected chi connectivity index (χ4v) is 1.07. The van der Waals surface area contributed by atoms with E-state index >= 15 is 0 Å². The van der Waals surface area contributed by atoms with Crippen LogP contribution >= 0.6 is 0 Å². The van der Waals surface area contributed by atoms with Crippen LogP contribution < -0.4 is 10.5 Å². The van der Waals surface area contributed by atoms with Crippen molar-refractivity contribution in [2.75, 3.05) is 19.0 Å². The Hall–Kier alpha value is -1.25. The molecule has 0 aromatic carbocycles. The molecule has 0 amide bonds. The molecule has 1 rings (SSSR count). The molecule has 66 valence electrons. The zero-order chi connectivity index (χ0) is 9.14. The summed E-state index contributed by atoms with van der Waals surface area (Å²) in [6.07, 6.45) is 0.864. The van der Waals surface area contributed by atoms with Crippen LogP contribution in [-0.2, 0) is 6.42 Å². The van der Waals surface area contributed by atoms with Gasteiger partial charge in [-0.25, -0.2) is 0 Å². The van der Waals surface area contributed by atoms with Gasteiger partial charge in [-0.3, -0.25) is 4.79 Å². The van der Waals surface area contributed by atoms with E-state index in [0.717, 1.165) is 12.1 Å². The van der Waals surface area contributed by atoms with Gasteiger partial charge in [-0.05, 0) is 18.6 Å². The molecule has 0 aliphatic carbocycles. The first-order valence-electron chi connectivity index (χ1n) is 4.04. The highest BCUT2D eigenvalue weighted by atomic mass is 16.1. The number of aromatic nitrogens is 1. The molecule has 1 heterocycles. The molecule has 1 aromatic rings. The number of nitrogens with zero attached hydrogens (tertiary/aromatic N) is 1. The first kappa shape index (κ1) is 8.84. The lowest BCUT2D eigenvalue weighted by Crippen LogP contribution is -2.21. The number of aromatic amines is 1. The van der Waals surface area contributed by atoms with Crippen LogP contribution in [0.15, 0.2) is 16.9 Å². The average Bonchev–Trinajstić information content (AvgIpc) is 2.03. The molecular weight excluding hydrogens is 152 g/mol. The van der Waals surface area contributed by atoms with E-state index in [1.165, 1.54) is 0 Å². The fraction of sp³-hybridized carbons (Fsp3) is 0.444. The quantitative estimate of drug-likeness (QED) is 0.711. The Kier molecular flexibility index (Phi) is 2.53. The number of nitrogens with one attached hydrogen (secondary N) is 1. The molecule has 12 heavy (non-hydrogen) atoms. The molecule has 0 aliphatic rings. The van der Waals surface area contributed by atoms with Gasteiger partial charge in [-0.2, -0.15) is 0 Å². The molecule has 0 bridgehead atoms. The van der Waals surface area contributed by atoms with Gasteiger partial charge >= 0.3 is 0 Å². The van der Waals surface area contributed by atoms with Crippen LogP contribution in [-0.4, -0.2) is 19.1 Å². The summed E-state index contributed by atoms with van der Waals surface area (Å²) in [5, 5.41) is 0. The third-order valence-electron chi connectivity index (χ3n) is 1.81. The number of hydrogen-bond donors (Lipinski definition) is 1. The Morgan fingerprint density at radius 1 is 1.42 bits per heavy atom. The minimum atomic E-state index is -0.0145. The second kappa shape index (κ2) is 3.43. The Morgan fingerprint density at radius 3 is 2.50 bits per heavy atom. The maximum atomic E-state index is 11.3. The second-order valence-electron chi connectivity index (χ2n) is 2.95. The van der Waals surface area contributed by atoms with Gasteiger partial charge in [0.15, 0.2) is 0 Å². The Balaban J connectivity index is 3.12. The molecule has 0 saturated carbocycles. The zero-order valence-corrected chi connectivity index (χ0v) is 7.72. The van der Waals surface area contributed by atoms with Crippen molar-refractivity contribution in [2.24, 2.45) is 0 Å². The summed E-state index contributed by atoms with van der Waals surface area (Å²) in [5.74, 6) is 0. The number of anilines is 1. The topological polar surface area (TPSA) is 36.1 Å². The number of rotatable bonds is 2. The van der Waals surface area contributed by atoms with E-state index in [2.05, 4.69) is 4.98 Å². The maximum absolute atomic E-state index is 11.3. The highest BCUT2D eigenvalue weighted by Gasteiger charge is 2.00. The predicted molar refractivity (Wildman–Crippen MR) is 50.8 cm³/mol. The molecule has 1 N–H and O–H groups in total. The van der Waals surface area contributed by atoms with Gasteiger partial charge < -0.3 is 9.88 Å². The predicted octanol–water partition coefficient (Wildman–Crippen LogP) is 1.00. The number of aryl methyl sites for hydroxylation is 1. The summed E-state index contributed by atoms with van der Waals surface area (Å²) in [4.78, 5) is 16.0. The van der Waals surface area contributed by atoms with Crippen molar-refractivity contribution in [3.05, 3.63) is 28.2 Å². The van der Waals surface area contributed by atoms with Crippen molar-refractivity contribution in [1.82, 2.24) is 4.98 Å². The third-order valence-corrected chi connectivity index (χ3v) is 1.81. The highest BCUT2D eigenvalue weighted by Crippen LogP contribution is 2.03. The first-order chi connectivity index (χ1) is 5.65. The van der Waals surface area contributed by atoms with Gasteiger partial charge in [0, 0.05) is 19.8 Å². The van der Waals surface area contributed by atoms with Crippen molar-refractivity contribution in [3.8, 4) is 0 Å². The van der Waals surface area contributed by atoms with Crippen molar-refractivity contribution in [2.45, 2.75) is 13.3 Å². The summed E-state index contributed by atoms with van der Waals surface area (Å²) in [6, 6.07) is 3.79. The standard InChI is InChI=1S/C9H14N2O/c1-4-7-5-6-8(11(2)3)9(12)10-7/h5-6H,4H2,1-3H3,(H,10,12). The van der Waals surface area contributed by atoms with Crippen LogP contribution in [0.1, 0.15) is 12.6 Å². The van der Waals surface area contributed by atoms with E-state index in [0.29, 0.717) is 5.69 Å². The Morgan fingerprint density at radius 2 is 2.08 bits per heavy atom. The number of pyridine rings is 1. The SMILES string of the molecule is CCc1ccc(N(C)C)c(=O)[nH]1. The summed E-state index contributed by atoms with van der Waals surface area (Å²) < 4.78 is 0. The van der Waals surface area contributed by atoms with E-state index in [9.17, 15) is 4.79 Å². The van der Waals surface area contributed by atoms with E-state index in [1.807, 2.05) is 33.2 Å². The van der Waals surface area contributed by atoms with Crippen LogP contribution in [0.25, 0.3) is 0 Å². The van der Waals surface area contributed by atoms with Gasteiger partial charge in [0.1, 0.15) is 5.69 Å². The summed E-state index contributed by atoms with van der Waals surface area (Å²) >= 11 is 0. The van der Waals surface area contributed by atoms with Gasteiger partial charge in [-0.1, -0.05) is 6.92 Å². The lowest BCUT2D eigenvalue weighted by molar-refractivity contribution is 0.991. The number of H-pyrrole nitrogens is 1. The number of hydrogen-bond acceptors (Lipinski definition) is 2. The van der Waals surface area contributed by atoms with Crippen LogP contribution in [0.4, 0.5) is 5.69 Å². The normalized spacial score (nSPS) is 9.92. The van der Waals surface area contributed by atoms with E-state index in [1.54, 1.807) is 4.90 Å². The molecule has 0 saturated heterocycles. The van der Waals surface area contributed by atoms with Crippen molar-refractivity contribution < 1.29 is 0 Å². The van der Waals surface area contributed by atoms with Crippen LogP contribution in [0.3, 0.4) is 0 Å². The van der Waals surface area contributed by atoms with E-state index in [-0.39, 0.29) is 5.56 Å². The van der Waals surface area contributed by atoms with Crippen LogP contribution in [0.2, 0.25) is 0 Å². The van der Waals surface area contributed by atoms with Crippen molar-refractivity contribution >= 4 is 5.69 Å². The van der Waals surface area contributed by atoms with E-state index < -0.39 is 0 Å². The maximum Gasteiger partial charge on any atom is 0.271 e. The molecule has 0 radical (unpaired) electrons. The minimum Gasteiger partial charge on any atom is -0.373 e. The lowest BCUT2D eigenvalue weighted by Gasteiger charge is -2.10. The second-order valence-corrected chi connectivity index (χ2v) is 2.95. The first-order valence-corrected chi connectivity index (χ1v) is 4.04. The van der Waals surface area contributed by atoms with Gasteiger partial charge in [0.2, 0.25) is 0 Å². The zero-order valence-electron chi connectivity index (χ0n) is 7.72. The molecule has 0 atom stereocenters. The summed E-state index contributed by atoms with van der Waals surface area (Å²) in [7, 11) is 3.71. The van der Waals surface area contributed by atoms with Crippen LogP contribution in [0, 0.1) is 0 Å². The molecule has 3 heteroatoms. The van der Waals surface area contributed by atoms with E-state index in [4.69, 9.17) is 0 Å². The molecule has 0 fully saturated rings. The minimum absolute atomic E-state index is 0.0145. The monoisotopic (exact) mass is 166 g/mol. The molecule has 1 aromatic heterocycles. The molecule has 0 spiro atoms. The highest BCUT2D eigenvalue weighted by molar-refractivity contribution is 5.42.